The lowest BCUT2D eigenvalue weighted by Crippen LogP contribution is -2.12. The van der Waals surface area contributed by atoms with Gasteiger partial charge in [0.1, 0.15) is 0 Å². The van der Waals surface area contributed by atoms with Gasteiger partial charge in [-0.05, 0) is 66.2 Å². The normalized spacial score (nSPS) is 16.0. The van der Waals surface area contributed by atoms with Crippen molar-refractivity contribution < 1.29 is 4.79 Å². The van der Waals surface area contributed by atoms with E-state index in [0.717, 1.165) is 30.4 Å². The van der Waals surface area contributed by atoms with Crippen LogP contribution in [0.2, 0.25) is 0 Å². The second-order valence-corrected chi connectivity index (χ2v) is 6.67. The van der Waals surface area contributed by atoms with E-state index in [2.05, 4.69) is 56.3 Å². The van der Waals surface area contributed by atoms with E-state index in [9.17, 15) is 4.79 Å². The van der Waals surface area contributed by atoms with Gasteiger partial charge in [-0.1, -0.05) is 67.1 Å². The molecule has 2 aromatic carbocycles. The number of rotatable bonds is 4. The zero-order valence-electron chi connectivity index (χ0n) is 15.5. The molecule has 0 unspecified atom stereocenters. The van der Waals surface area contributed by atoms with Crippen molar-refractivity contribution in [1.82, 2.24) is 0 Å². The number of allylic oxidation sites excluding steroid dienone is 5. The van der Waals surface area contributed by atoms with Gasteiger partial charge >= 0.3 is 0 Å². The number of fused-ring (bicyclic) bond motifs is 1. The lowest BCUT2D eigenvalue weighted by atomic mass is 9.90. The van der Waals surface area contributed by atoms with Crippen LogP contribution >= 0.6 is 0 Å². The summed E-state index contributed by atoms with van der Waals surface area (Å²) in [7, 11) is 0. The fraction of sp³-hybridized carbons (Fsp3) is 0.208. The number of hydrogen-bond donors (Lipinski definition) is 1. The molecule has 0 aromatic heterocycles. The summed E-state index contributed by atoms with van der Waals surface area (Å²) in [5.74, 6) is -0.397. The molecule has 1 amide bonds. The fourth-order valence-electron chi connectivity index (χ4n) is 3.46. The molecule has 3 rings (SSSR count). The lowest BCUT2D eigenvalue weighted by Gasteiger charge is -2.14. The highest BCUT2D eigenvalue weighted by molar-refractivity contribution is 6.01. The molecule has 0 aliphatic heterocycles. The van der Waals surface area contributed by atoms with Gasteiger partial charge in [0.15, 0.2) is 0 Å². The number of amides is 1. The maximum absolute atomic E-state index is 11.9. The van der Waals surface area contributed by atoms with Crippen LogP contribution in [0.3, 0.4) is 0 Å². The van der Waals surface area contributed by atoms with Crippen LogP contribution in [0.5, 0.6) is 0 Å². The van der Waals surface area contributed by atoms with Crippen LogP contribution in [0.15, 0.2) is 71.8 Å². The average molecular weight is 343 g/mol. The summed E-state index contributed by atoms with van der Waals surface area (Å²) in [6, 6.07) is 16.1. The first-order valence-electron chi connectivity index (χ1n) is 9.17. The molecule has 132 valence electrons. The van der Waals surface area contributed by atoms with Gasteiger partial charge in [0.2, 0.25) is 5.91 Å². The molecule has 0 radical (unpaired) electrons. The molecule has 26 heavy (non-hydrogen) atoms. The minimum Gasteiger partial charge on any atom is -0.366 e. The third-order valence-corrected chi connectivity index (χ3v) is 4.87. The van der Waals surface area contributed by atoms with Crippen LogP contribution in [0.4, 0.5) is 0 Å². The van der Waals surface area contributed by atoms with Crippen molar-refractivity contribution >= 4 is 17.6 Å². The summed E-state index contributed by atoms with van der Waals surface area (Å²) in [4.78, 5) is 11.9. The Morgan fingerprint density at radius 2 is 1.81 bits per heavy atom. The predicted molar refractivity (Wildman–Crippen MR) is 110 cm³/mol. The topological polar surface area (TPSA) is 43.1 Å². The second-order valence-electron chi connectivity index (χ2n) is 6.67. The summed E-state index contributed by atoms with van der Waals surface area (Å²) >= 11 is 0. The van der Waals surface area contributed by atoms with E-state index >= 15 is 0 Å². The Labute approximate surface area is 155 Å². The number of aryl methyl sites for hydroxylation is 1. The van der Waals surface area contributed by atoms with E-state index in [1.807, 2.05) is 18.2 Å². The molecular formula is C24H25NO. The van der Waals surface area contributed by atoms with E-state index in [0.29, 0.717) is 5.56 Å². The molecule has 0 spiro atoms. The summed E-state index contributed by atoms with van der Waals surface area (Å²) in [5.41, 5.74) is 13.4. The monoisotopic (exact) mass is 343 g/mol. The summed E-state index contributed by atoms with van der Waals surface area (Å²) in [6.07, 6.45) is 9.58. The molecule has 2 nitrogen and oxygen atoms in total. The van der Waals surface area contributed by atoms with Gasteiger partial charge in [-0.15, -0.1) is 0 Å². The van der Waals surface area contributed by atoms with Crippen molar-refractivity contribution in [2.75, 3.05) is 0 Å². The molecule has 0 saturated heterocycles. The van der Waals surface area contributed by atoms with Crippen LogP contribution in [0.25, 0.3) is 11.6 Å². The number of primary amides is 1. The van der Waals surface area contributed by atoms with Crippen molar-refractivity contribution in [2.45, 2.75) is 33.1 Å². The van der Waals surface area contributed by atoms with E-state index in [4.69, 9.17) is 5.73 Å². The van der Waals surface area contributed by atoms with Gasteiger partial charge in [-0.25, -0.2) is 0 Å². The Balaban J connectivity index is 2.26. The number of benzene rings is 2. The first-order valence-corrected chi connectivity index (χ1v) is 9.17. The van der Waals surface area contributed by atoms with Crippen molar-refractivity contribution in [3.8, 4) is 0 Å². The summed E-state index contributed by atoms with van der Waals surface area (Å²) in [6.45, 7) is 4.35. The molecular weight excluding hydrogens is 318 g/mol. The predicted octanol–water partition coefficient (Wildman–Crippen LogP) is 5.56. The zero-order chi connectivity index (χ0) is 18.5. The highest BCUT2D eigenvalue weighted by Gasteiger charge is 2.18. The Kier molecular flexibility index (Phi) is 5.52. The first kappa shape index (κ1) is 17.9. The van der Waals surface area contributed by atoms with Crippen LogP contribution in [0.1, 0.15) is 53.7 Å². The maximum atomic E-state index is 11.9. The van der Waals surface area contributed by atoms with Crippen molar-refractivity contribution in [2.24, 2.45) is 5.73 Å². The molecule has 0 fully saturated rings. The van der Waals surface area contributed by atoms with Gasteiger partial charge in [-0.2, -0.15) is 0 Å². The Hall–Kier alpha value is -2.87. The van der Waals surface area contributed by atoms with E-state index in [-0.39, 0.29) is 0 Å². The number of nitrogens with two attached hydrogens (primary N) is 1. The summed E-state index contributed by atoms with van der Waals surface area (Å²) < 4.78 is 0. The van der Waals surface area contributed by atoms with Crippen molar-refractivity contribution in [3.05, 3.63) is 94.1 Å². The Bertz CT molecular complexity index is 915. The minimum absolute atomic E-state index is 0.397. The van der Waals surface area contributed by atoms with Crippen LogP contribution in [-0.2, 0) is 6.42 Å². The van der Waals surface area contributed by atoms with Gasteiger partial charge in [0.05, 0.1) is 0 Å². The number of hydrogen-bond acceptors (Lipinski definition) is 1. The lowest BCUT2D eigenvalue weighted by molar-refractivity contribution is 0.1000. The zero-order valence-corrected chi connectivity index (χ0v) is 15.5. The highest BCUT2D eigenvalue weighted by Crippen LogP contribution is 2.36. The van der Waals surface area contributed by atoms with Gasteiger partial charge < -0.3 is 5.73 Å². The van der Waals surface area contributed by atoms with Gasteiger partial charge in [0.25, 0.3) is 0 Å². The van der Waals surface area contributed by atoms with Crippen molar-refractivity contribution in [3.63, 3.8) is 0 Å². The maximum Gasteiger partial charge on any atom is 0.249 e. The highest BCUT2D eigenvalue weighted by atomic mass is 16.1. The smallest absolute Gasteiger partial charge is 0.249 e. The third kappa shape index (κ3) is 3.70. The molecule has 1 aliphatic carbocycles. The largest absolute Gasteiger partial charge is 0.366 e. The number of carbonyl (C=O) groups excluding carboxylic acids is 1. The third-order valence-electron chi connectivity index (χ3n) is 4.87. The van der Waals surface area contributed by atoms with E-state index in [1.54, 1.807) is 6.07 Å². The average Bonchev–Trinajstić information content (AvgIpc) is 2.78. The number of carbonyl (C=O) groups is 1. The molecule has 2 aromatic rings. The SMILES string of the molecule is CC/C=C\C1=C(C)CCc2ccccc2/C1=C\c1ccccc1C(N)=O. The molecule has 1 aliphatic rings. The van der Waals surface area contributed by atoms with Gasteiger partial charge in [-0.3, -0.25) is 4.79 Å². The first-order chi connectivity index (χ1) is 12.6. The molecule has 0 bridgehead atoms. The quantitative estimate of drug-likeness (QED) is 0.776. The standard InChI is InChI=1S/C24H25NO/c1-3-4-11-20-17(2)14-15-18-9-5-7-12-21(18)23(20)16-19-10-6-8-13-22(19)24(25)26/h4-13,16H,3,14-15H2,1-2H3,(H2,25,26)/b11-4-,23-16-. The van der Waals surface area contributed by atoms with Crippen LogP contribution in [0, 0.1) is 0 Å². The van der Waals surface area contributed by atoms with E-state index < -0.39 is 5.91 Å². The molecule has 0 atom stereocenters. The molecule has 2 N–H and O–H groups in total. The van der Waals surface area contributed by atoms with Crippen LogP contribution in [-0.4, -0.2) is 5.91 Å². The second kappa shape index (κ2) is 8.01. The molecule has 0 heterocycles. The Morgan fingerprint density at radius 3 is 2.58 bits per heavy atom. The van der Waals surface area contributed by atoms with Crippen LogP contribution < -0.4 is 5.73 Å². The minimum atomic E-state index is -0.397. The fourth-order valence-corrected chi connectivity index (χ4v) is 3.46. The summed E-state index contributed by atoms with van der Waals surface area (Å²) in [5, 5.41) is 0. The van der Waals surface area contributed by atoms with E-state index in [1.165, 1.54) is 22.3 Å². The van der Waals surface area contributed by atoms with Crippen molar-refractivity contribution in [1.29, 1.82) is 0 Å². The molecule has 2 heteroatoms. The molecule has 0 saturated carbocycles. The van der Waals surface area contributed by atoms with Gasteiger partial charge in [0, 0.05) is 5.56 Å². The Morgan fingerprint density at radius 1 is 1.08 bits per heavy atom.